The van der Waals surface area contributed by atoms with Crippen LogP contribution in [0.15, 0.2) is 30.3 Å². The molecule has 2 aromatic heterocycles. The highest BCUT2D eigenvalue weighted by atomic mass is 32.1. The standard InChI is InChI=1S/C19H19N5O2S/c1-22-9-10-24-15(19(22)26)11-13(21-24)18(25)23-8-4-6-14(23)17-20-12-5-2-3-7-16(12)27-17/h2-3,5,7,11,14H,4,6,8-10H2,1H3. The number of benzene rings is 1. The van der Waals surface area contributed by atoms with Crippen molar-refractivity contribution in [3.63, 3.8) is 0 Å². The first-order valence-corrected chi connectivity index (χ1v) is 9.93. The summed E-state index contributed by atoms with van der Waals surface area (Å²) >= 11 is 1.65. The molecule has 5 rings (SSSR count). The summed E-state index contributed by atoms with van der Waals surface area (Å²) in [6, 6.07) is 9.66. The number of carbonyl (C=O) groups excluding carboxylic acids is 2. The van der Waals surface area contributed by atoms with Crippen molar-refractivity contribution >= 4 is 33.4 Å². The van der Waals surface area contributed by atoms with Crippen molar-refractivity contribution in [1.29, 1.82) is 0 Å². The van der Waals surface area contributed by atoms with E-state index in [-0.39, 0.29) is 17.9 Å². The Labute approximate surface area is 160 Å². The van der Waals surface area contributed by atoms with Crippen LogP contribution in [0.3, 0.4) is 0 Å². The zero-order chi connectivity index (χ0) is 18.5. The Bertz CT molecular complexity index is 1020. The number of amides is 2. The predicted octanol–water partition coefficient (Wildman–Crippen LogP) is 2.56. The molecule has 0 N–H and O–H groups in total. The number of hydrogen-bond acceptors (Lipinski definition) is 5. The number of thiazole rings is 1. The Balaban J connectivity index is 1.46. The van der Waals surface area contributed by atoms with E-state index in [1.165, 1.54) is 0 Å². The smallest absolute Gasteiger partial charge is 0.274 e. The zero-order valence-electron chi connectivity index (χ0n) is 15.0. The van der Waals surface area contributed by atoms with Crippen LogP contribution in [-0.4, -0.2) is 56.5 Å². The van der Waals surface area contributed by atoms with E-state index in [1.54, 1.807) is 34.0 Å². The molecule has 4 heterocycles. The van der Waals surface area contributed by atoms with Gasteiger partial charge >= 0.3 is 0 Å². The maximum absolute atomic E-state index is 13.2. The molecule has 8 heteroatoms. The van der Waals surface area contributed by atoms with Gasteiger partial charge in [0.05, 0.1) is 22.8 Å². The molecule has 0 spiro atoms. The summed E-state index contributed by atoms with van der Waals surface area (Å²) in [6.45, 7) is 1.92. The second kappa shape index (κ2) is 6.16. The van der Waals surface area contributed by atoms with Gasteiger partial charge in [-0.2, -0.15) is 5.10 Å². The van der Waals surface area contributed by atoms with E-state index in [0.717, 1.165) is 28.1 Å². The third-order valence-electron chi connectivity index (χ3n) is 5.32. The number of aromatic nitrogens is 3. The van der Waals surface area contributed by atoms with Gasteiger partial charge in [0.1, 0.15) is 10.7 Å². The summed E-state index contributed by atoms with van der Waals surface area (Å²) in [6.07, 6.45) is 1.85. The SMILES string of the molecule is CN1CCn2nc(C(=O)N3CCCC3c3nc4ccccc4s3)cc2C1=O. The van der Waals surface area contributed by atoms with Gasteiger partial charge in [-0.25, -0.2) is 4.98 Å². The minimum absolute atomic E-state index is 0.0213. The first-order chi connectivity index (χ1) is 13.1. The monoisotopic (exact) mass is 381 g/mol. The molecule has 1 fully saturated rings. The normalized spacial score (nSPS) is 19.7. The Morgan fingerprint density at radius 3 is 2.93 bits per heavy atom. The van der Waals surface area contributed by atoms with Crippen LogP contribution < -0.4 is 0 Å². The van der Waals surface area contributed by atoms with Crippen molar-refractivity contribution in [2.75, 3.05) is 20.1 Å². The van der Waals surface area contributed by atoms with E-state index in [9.17, 15) is 9.59 Å². The lowest BCUT2D eigenvalue weighted by Gasteiger charge is -2.22. The number of fused-ring (bicyclic) bond motifs is 2. The van der Waals surface area contributed by atoms with Gasteiger partial charge in [0.25, 0.3) is 11.8 Å². The molecule has 1 saturated heterocycles. The van der Waals surface area contributed by atoms with E-state index < -0.39 is 0 Å². The second-order valence-corrected chi connectivity index (χ2v) is 8.10. The summed E-state index contributed by atoms with van der Waals surface area (Å²) in [5, 5.41) is 5.39. The topological polar surface area (TPSA) is 71.3 Å². The van der Waals surface area contributed by atoms with Crippen LogP contribution in [0.4, 0.5) is 0 Å². The molecule has 27 heavy (non-hydrogen) atoms. The van der Waals surface area contributed by atoms with Crippen molar-refractivity contribution in [3.05, 3.63) is 46.7 Å². The van der Waals surface area contributed by atoms with Gasteiger partial charge in [0.2, 0.25) is 0 Å². The lowest BCUT2D eigenvalue weighted by molar-refractivity contribution is 0.0720. The van der Waals surface area contributed by atoms with Crippen LogP contribution in [0, 0.1) is 0 Å². The molecule has 1 unspecified atom stereocenters. The summed E-state index contributed by atoms with van der Waals surface area (Å²) in [7, 11) is 1.77. The molecule has 0 saturated carbocycles. The second-order valence-electron chi connectivity index (χ2n) is 7.04. The Hall–Kier alpha value is -2.74. The van der Waals surface area contributed by atoms with E-state index in [4.69, 9.17) is 4.98 Å². The number of nitrogens with zero attached hydrogens (tertiary/aromatic N) is 5. The number of rotatable bonds is 2. The molecule has 0 aliphatic carbocycles. The maximum atomic E-state index is 13.2. The third kappa shape index (κ3) is 2.63. The van der Waals surface area contributed by atoms with Gasteiger partial charge in [0, 0.05) is 26.2 Å². The molecule has 1 atom stereocenters. The number of para-hydroxylation sites is 1. The molecule has 3 aromatic rings. The number of carbonyl (C=O) groups is 2. The molecule has 2 aliphatic rings. The van der Waals surface area contributed by atoms with Crippen molar-refractivity contribution in [2.24, 2.45) is 0 Å². The average Bonchev–Trinajstić information content (AvgIpc) is 3.41. The molecule has 1 aromatic carbocycles. The third-order valence-corrected chi connectivity index (χ3v) is 6.46. The summed E-state index contributed by atoms with van der Waals surface area (Å²) in [5.41, 5.74) is 1.81. The number of hydrogen-bond donors (Lipinski definition) is 0. The van der Waals surface area contributed by atoms with E-state index >= 15 is 0 Å². The molecule has 2 amide bonds. The average molecular weight is 381 g/mol. The van der Waals surface area contributed by atoms with Gasteiger partial charge in [-0.05, 0) is 25.0 Å². The van der Waals surface area contributed by atoms with Crippen LogP contribution in [0.1, 0.15) is 44.9 Å². The first-order valence-electron chi connectivity index (χ1n) is 9.11. The predicted molar refractivity (Wildman–Crippen MR) is 102 cm³/mol. The minimum Gasteiger partial charge on any atom is -0.339 e. The maximum Gasteiger partial charge on any atom is 0.274 e. The van der Waals surface area contributed by atoms with Crippen LogP contribution in [0.5, 0.6) is 0 Å². The first kappa shape index (κ1) is 16.4. The molecular weight excluding hydrogens is 362 g/mol. The van der Waals surface area contributed by atoms with Gasteiger partial charge < -0.3 is 9.80 Å². The number of likely N-dealkylation sites (tertiary alicyclic amines) is 1. The fourth-order valence-corrected chi connectivity index (χ4v) is 4.97. The largest absolute Gasteiger partial charge is 0.339 e. The van der Waals surface area contributed by atoms with Gasteiger partial charge in [-0.15, -0.1) is 11.3 Å². The Morgan fingerprint density at radius 2 is 2.07 bits per heavy atom. The lowest BCUT2D eigenvalue weighted by Crippen LogP contribution is -2.37. The molecule has 0 bridgehead atoms. The molecule has 2 aliphatic heterocycles. The molecular formula is C19H19N5O2S. The Kier molecular flexibility index (Phi) is 3.75. The van der Waals surface area contributed by atoms with Crippen molar-refractivity contribution in [2.45, 2.75) is 25.4 Å². The molecule has 138 valence electrons. The van der Waals surface area contributed by atoms with Crippen molar-refractivity contribution in [1.82, 2.24) is 24.6 Å². The van der Waals surface area contributed by atoms with Crippen molar-refractivity contribution < 1.29 is 9.59 Å². The summed E-state index contributed by atoms with van der Waals surface area (Å²) in [4.78, 5) is 33.7. The van der Waals surface area contributed by atoms with Crippen LogP contribution in [-0.2, 0) is 6.54 Å². The minimum atomic E-state index is -0.117. The van der Waals surface area contributed by atoms with Crippen LogP contribution >= 0.6 is 11.3 Å². The highest BCUT2D eigenvalue weighted by Gasteiger charge is 2.35. The van der Waals surface area contributed by atoms with Gasteiger partial charge in [0.15, 0.2) is 5.69 Å². The zero-order valence-corrected chi connectivity index (χ0v) is 15.8. The summed E-state index contributed by atoms with van der Waals surface area (Å²) < 4.78 is 2.79. The van der Waals surface area contributed by atoms with Crippen LogP contribution in [0.2, 0.25) is 0 Å². The van der Waals surface area contributed by atoms with E-state index in [2.05, 4.69) is 11.2 Å². The Morgan fingerprint density at radius 1 is 1.22 bits per heavy atom. The van der Waals surface area contributed by atoms with Crippen LogP contribution in [0.25, 0.3) is 10.2 Å². The summed E-state index contributed by atoms with van der Waals surface area (Å²) in [5.74, 6) is -0.203. The van der Waals surface area contributed by atoms with Gasteiger partial charge in [-0.3, -0.25) is 14.3 Å². The fourth-order valence-electron chi connectivity index (χ4n) is 3.85. The van der Waals surface area contributed by atoms with E-state index in [0.29, 0.717) is 31.0 Å². The lowest BCUT2D eigenvalue weighted by atomic mass is 10.2. The van der Waals surface area contributed by atoms with E-state index in [1.807, 2.05) is 23.1 Å². The highest BCUT2D eigenvalue weighted by Crippen LogP contribution is 2.37. The number of likely N-dealkylation sites (N-methyl/N-ethyl adjacent to an activating group) is 1. The molecule has 7 nitrogen and oxygen atoms in total. The molecule has 0 radical (unpaired) electrons. The van der Waals surface area contributed by atoms with Gasteiger partial charge in [-0.1, -0.05) is 12.1 Å². The quantitative estimate of drug-likeness (QED) is 0.684. The fraction of sp³-hybridized carbons (Fsp3) is 0.368. The van der Waals surface area contributed by atoms with Crippen molar-refractivity contribution in [3.8, 4) is 0 Å². The highest BCUT2D eigenvalue weighted by molar-refractivity contribution is 7.18.